The van der Waals surface area contributed by atoms with E-state index >= 15 is 0 Å². The van der Waals surface area contributed by atoms with Crippen LogP contribution in [0.5, 0.6) is 0 Å². The van der Waals surface area contributed by atoms with Gasteiger partial charge in [0.1, 0.15) is 6.23 Å². The fraction of sp³-hybridized carbons (Fsp3) is 0.455. The molecule has 8 heteroatoms. The van der Waals surface area contributed by atoms with E-state index in [9.17, 15) is 24.9 Å². The summed E-state index contributed by atoms with van der Waals surface area (Å²) in [7, 11) is 3.36. The summed E-state index contributed by atoms with van der Waals surface area (Å²) < 4.78 is 1.49. The van der Waals surface area contributed by atoms with Gasteiger partial charge in [-0.25, -0.2) is 0 Å². The Morgan fingerprint density at radius 3 is 2.24 bits per heavy atom. The summed E-state index contributed by atoms with van der Waals surface area (Å²) in [4.78, 5) is 30.1. The Balaban J connectivity index is 1.42. The lowest BCUT2D eigenvalue weighted by Gasteiger charge is -2.53. The van der Waals surface area contributed by atoms with E-state index in [1.165, 1.54) is 15.5 Å². The molecule has 0 radical (unpaired) electrons. The van der Waals surface area contributed by atoms with Crippen LogP contribution in [0.2, 0.25) is 0 Å². The summed E-state index contributed by atoms with van der Waals surface area (Å²) in [5.41, 5.74) is 0.679. The topological polar surface area (TPSA) is 106 Å². The molecule has 1 aliphatic carbocycles. The zero-order chi connectivity index (χ0) is 29.2. The van der Waals surface area contributed by atoms with Crippen molar-refractivity contribution in [2.45, 2.75) is 63.0 Å². The lowest BCUT2D eigenvalue weighted by Crippen LogP contribution is -2.64. The van der Waals surface area contributed by atoms with Gasteiger partial charge in [0.25, 0.3) is 11.5 Å². The Morgan fingerprint density at radius 2 is 1.61 bits per heavy atom. The van der Waals surface area contributed by atoms with Gasteiger partial charge >= 0.3 is 0 Å². The highest BCUT2D eigenvalue weighted by Gasteiger charge is 2.56. The van der Waals surface area contributed by atoms with Crippen LogP contribution in [0, 0.1) is 5.41 Å². The van der Waals surface area contributed by atoms with Gasteiger partial charge in [0.2, 0.25) is 0 Å². The molecular formula is C33H41N3O5. The van der Waals surface area contributed by atoms with Gasteiger partial charge in [-0.15, -0.1) is 0 Å². The minimum atomic E-state index is -1.21. The minimum absolute atomic E-state index is 0.0606. The van der Waals surface area contributed by atoms with Crippen LogP contribution in [0.3, 0.4) is 0 Å². The van der Waals surface area contributed by atoms with Gasteiger partial charge in [-0.1, -0.05) is 73.5 Å². The molecule has 3 unspecified atom stereocenters. The molecule has 1 aliphatic heterocycles. The number of aliphatic hydroxyl groups is 3. The molecule has 1 aromatic heterocycles. The van der Waals surface area contributed by atoms with Crippen LogP contribution >= 0.6 is 0 Å². The number of nitrogens with zero attached hydrogens (tertiary/aromatic N) is 3. The number of benzene rings is 2. The van der Waals surface area contributed by atoms with Gasteiger partial charge in [-0.3, -0.25) is 14.5 Å². The van der Waals surface area contributed by atoms with Crippen molar-refractivity contribution in [1.82, 2.24) is 14.4 Å². The second kappa shape index (κ2) is 11.9. The molecule has 1 saturated heterocycles. The van der Waals surface area contributed by atoms with Crippen molar-refractivity contribution in [1.29, 1.82) is 0 Å². The van der Waals surface area contributed by atoms with Gasteiger partial charge in [-0.2, -0.15) is 0 Å². The molecule has 8 nitrogen and oxygen atoms in total. The molecule has 2 heterocycles. The lowest BCUT2D eigenvalue weighted by atomic mass is 9.65. The molecule has 2 fully saturated rings. The number of amides is 1. The van der Waals surface area contributed by atoms with E-state index in [1.807, 2.05) is 65.6 Å². The number of aromatic nitrogens is 1. The first-order chi connectivity index (χ1) is 19.6. The largest absolute Gasteiger partial charge is 0.389 e. The summed E-state index contributed by atoms with van der Waals surface area (Å²) in [6, 6.07) is 20.5. The Morgan fingerprint density at radius 1 is 0.976 bits per heavy atom. The first-order valence-electron chi connectivity index (χ1n) is 14.5. The molecule has 218 valence electrons. The third-order valence-electron chi connectivity index (χ3n) is 9.15. The van der Waals surface area contributed by atoms with Crippen LogP contribution in [-0.4, -0.2) is 80.7 Å². The Kier molecular flexibility index (Phi) is 8.47. The standard InChI is InChI=1S/C33H41N3O5/c1-34(2)30(39)27-21-36(29(38)20-26(27)25-13-7-4-8-14-25)23-33(41)17-18-35(22-32(33)15-9-10-16-32)31(40)28(37)19-24-11-5-3-6-12-24/h3-8,11-14,20-21,28,31,37,40-41H,9-10,15-19,22-23H2,1-2H3. The van der Waals surface area contributed by atoms with E-state index in [-0.39, 0.29) is 18.0 Å². The number of carbonyl (C=O) groups excluding carboxylic acids is 1. The van der Waals surface area contributed by atoms with Gasteiger partial charge < -0.3 is 24.8 Å². The monoisotopic (exact) mass is 559 g/mol. The molecule has 2 aromatic carbocycles. The Bertz CT molecular complexity index is 1400. The Labute approximate surface area is 241 Å². The summed E-state index contributed by atoms with van der Waals surface area (Å²) in [6.45, 7) is 0.869. The smallest absolute Gasteiger partial charge is 0.255 e. The number of hydrogen-bond acceptors (Lipinski definition) is 6. The van der Waals surface area contributed by atoms with Gasteiger partial charge in [0, 0.05) is 56.8 Å². The number of pyridine rings is 1. The van der Waals surface area contributed by atoms with E-state index in [4.69, 9.17) is 0 Å². The highest BCUT2D eigenvalue weighted by molar-refractivity contribution is 6.00. The maximum absolute atomic E-state index is 13.5. The zero-order valence-electron chi connectivity index (χ0n) is 23.9. The van der Waals surface area contributed by atoms with Crippen LogP contribution in [0.25, 0.3) is 11.1 Å². The maximum atomic E-state index is 13.5. The van der Waals surface area contributed by atoms with Crippen molar-refractivity contribution >= 4 is 5.91 Å². The van der Waals surface area contributed by atoms with Crippen LogP contribution in [0.1, 0.15) is 48.0 Å². The van der Waals surface area contributed by atoms with Crippen molar-refractivity contribution in [3.63, 3.8) is 0 Å². The number of rotatable bonds is 8. The predicted molar refractivity (Wildman–Crippen MR) is 158 cm³/mol. The van der Waals surface area contributed by atoms with Crippen molar-refractivity contribution in [2.75, 3.05) is 27.2 Å². The molecule has 1 amide bonds. The molecular weight excluding hydrogens is 518 g/mol. The third-order valence-corrected chi connectivity index (χ3v) is 9.15. The van der Waals surface area contributed by atoms with Crippen LogP contribution in [0.4, 0.5) is 0 Å². The first kappa shape index (κ1) is 29.2. The fourth-order valence-electron chi connectivity index (χ4n) is 6.81. The quantitative estimate of drug-likeness (QED) is 0.392. The average Bonchev–Trinajstić information content (AvgIpc) is 3.45. The summed E-state index contributed by atoms with van der Waals surface area (Å²) in [5, 5.41) is 34.3. The summed E-state index contributed by atoms with van der Waals surface area (Å²) >= 11 is 0. The van der Waals surface area contributed by atoms with Gasteiger partial charge in [0.05, 0.1) is 23.8 Å². The van der Waals surface area contributed by atoms with Gasteiger partial charge in [0.15, 0.2) is 0 Å². The number of aliphatic hydroxyl groups excluding tert-OH is 2. The number of hydrogen-bond donors (Lipinski definition) is 3. The van der Waals surface area contributed by atoms with Crippen LogP contribution in [0.15, 0.2) is 77.7 Å². The van der Waals surface area contributed by atoms with Crippen LogP contribution < -0.4 is 5.56 Å². The van der Waals surface area contributed by atoms with E-state index in [0.717, 1.165) is 36.8 Å². The van der Waals surface area contributed by atoms with Crippen molar-refractivity contribution in [3.05, 3.63) is 94.4 Å². The van der Waals surface area contributed by atoms with E-state index in [0.29, 0.717) is 37.1 Å². The molecule has 1 saturated carbocycles. The van der Waals surface area contributed by atoms with E-state index in [1.54, 1.807) is 20.3 Å². The first-order valence-corrected chi connectivity index (χ1v) is 14.5. The number of piperidine rings is 1. The van der Waals surface area contributed by atoms with Gasteiger partial charge in [-0.05, 0) is 30.4 Å². The molecule has 3 atom stereocenters. The number of likely N-dealkylation sites (tertiary alicyclic amines) is 1. The van der Waals surface area contributed by atoms with Crippen LogP contribution in [-0.2, 0) is 13.0 Å². The second-order valence-corrected chi connectivity index (χ2v) is 12.0. The molecule has 3 aromatic rings. The highest BCUT2D eigenvalue weighted by atomic mass is 16.3. The average molecular weight is 560 g/mol. The third kappa shape index (κ3) is 5.88. The Hall–Kier alpha value is -3.30. The second-order valence-electron chi connectivity index (χ2n) is 12.0. The SMILES string of the molecule is CN(C)C(=O)c1cn(CC2(O)CCN(C(O)C(O)Cc3ccccc3)CC23CCCC3)c(=O)cc1-c1ccccc1. The molecule has 2 aliphatic rings. The van der Waals surface area contributed by atoms with E-state index < -0.39 is 23.3 Å². The zero-order valence-corrected chi connectivity index (χ0v) is 23.9. The van der Waals surface area contributed by atoms with Crippen molar-refractivity contribution < 1.29 is 20.1 Å². The maximum Gasteiger partial charge on any atom is 0.255 e. The van der Waals surface area contributed by atoms with Crippen molar-refractivity contribution in [3.8, 4) is 11.1 Å². The molecule has 41 heavy (non-hydrogen) atoms. The molecule has 5 rings (SSSR count). The molecule has 3 N–H and O–H groups in total. The lowest BCUT2D eigenvalue weighted by molar-refractivity contribution is -0.183. The fourth-order valence-corrected chi connectivity index (χ4v) is 6.81. The van der Waals surface area contributed by atoms with Crippen molar-refractivity contribution in [2.24, 2.45) is 5.41 Å². The predicted octanol–water partition coefficient (Wildman–Crippen LogP) is 3.14. The minimum Gasteiger partial charge on any atom is -0.389 e. The summed E-state index contributed by atoms with van der Waals surface area (Å²) in [6.07, 6.45) is 3.68. The highest BCUT2D eigenvalue weighted by Crippen LogP contribution is 2.52. The normalized spacial score (nSPS) is 22.0. The molecule has 1 spiro atoms. The molecule has 0 bridgehead atoms. The number of carbonyl (C=O) groups is 1. The summed E-state index contributed by atoms with van der Waals surface area (Å²) in [5.74, 6) is -0.217. The van der Waals surface area contributed by atoms with E-state index in [2.05, 4.69) is 0 Å².